The summed E-state index contributed by atoms with van der Waals surface area (Å²) in [5.74, 6) is 0. The highest BCUT2D eigenvalue weighted by atomic mass is 16.6. The summed E-state index contributed by atoms with van der Waals surface area (Å²) in [6.07, 6.45) is 0. The molecule has 5 heteroatoms. The fourth-order valence-electron chi connectivity index (χ4n) is 1.85. The molecule has 2 aromatic carbocycles. The number of nitriles is 1. The largest absolute Gasteiger partial charge is 0.381 e. The molecule has 0 saturated heterocycles. The Morgan fingerprint density at radius 1 is 1.25 bits per heavy atom. The van der Waals surface area contributed by atoms with Crippen molar-refractivity contribution in [1.29, 1.82) is 5.26 Å². The average molecular weight is 267 g/mol. The second-order valence-electron chi connectivity index (χ2n) is 4.42. The van der Waals surface area contributed by atoms with Gasteiger partial charge in [0.15, 0.2) is 0 Å². The Labute approximate surface area is 116 Å². The number of aryl methyl sites for hydroxylation is 1. The summed E-state index contributed by atoms with van der Waals surface area (Å²) < 4.78 is 0. The maximum absolute atomic E-state index is 10.7. The van der Waals surface area contributed by atoms with E-state index in [2.05, 4.69) is 11.4 Å². The van der Waals surface area contributed by atoms with Gasteiger partial charge in [-0.1, -0.05) is 12.1 Å². The third kappa shape index (κ3) is 3.12. The molecule has 0 fully saturated rings. The maximum Gasteiger partial charge on any atom is 0.269 e. The van der Waals surface area contributed by atoms with E-state index in [9.17, 15) is 10.1 Å². The monoisotopic (exact) mass is 267 g/mol. The summed E-state index contributed by atoms with van der Waals surface area (Å²) >= 11 is 0. The highest BCUT2D eigenvalue weighted by Crippen LogP contribution is 2.21. The first-order valence-corrected chi connectivity index (χ1v) is 6.08. The van der Waals surface area contributed by atoms with Crippen LogP contribution < -0.4 is 5.32 Å². The third-order valence-electron chi connectivity index (χ3n) is 2.99. The van der Waals surface area contributed by atoms with E-state index in [1.165, 1.54) is 6.07 Å². The van der Waals surface area contributed by atoms with Gasteiger partial charge >= 0.3 is 0 Å². The van der Waals surface area contributed by atoms with Crippen molar-refractivity contribution in [3.8, 4) is 6.07 Å². The molecule has 0 aliphatic rings. The lowest BCUT2D eigenvalue weighted by atomic mass is 10.1. The van der Waals surface area contributed by atoms with Crippen molar-refractivity contribution in [1.82, 2.24) is 0 Å². The Kier molecular flexibility index (Phi) is 3.96. The molecule has 2 aromatic rings. The van der Waals surface area contributed by atoms with Gasteiger partial charge in [0.1, 0.15) is 0 Å². The fraction of sp³-hybridized carbons (Fsp3) is 0.133. The minimum Gasteiger partial charge on any atom is -0.381 e. The van der Waals surface area contributed by atoms with Gasteiger partial charge in [0.2, 0.25) is 0 Å². The topological polar surface area (TPSA) is 79.0 Å². The molecule has 20 heavy (non-hydrogen) atoms. The zero-order valence-electron chi connectivity index (χ0n) is 11.0. The number of nitro groups is 1. The van der Waals surface area contributed by atoms with Gasteiger partial charge in [-0.25, -0.2) is 0 Å². The Morgan fingerprint density at radius 3 is 2.50 bits per heavy atom. The SMILES string of the molecule is Cc1cc([N+](=O)[O-])ccc1NCc1ccc(C#N)cc1. The van der Waals surface area contributed by atoms with E-state index in [4.69, 9.17) is 5.26 Å². The van der Waals surface area contributed by atoms with Crippen molar-refractivity contribution in [2.24, 2.45) is 0 Å². The number of rotatable bonds is 4. The van der Waals surface area contributed by atoms with Gasteiger partial charge in [0, 0.05) is 24.4 Å². The van der Waals surface area contributed by atoms with Crippen molar-refractivity contribution in [2.45, 2.75) is 13.5 Å². The number of nitro benzene ring substituents is 1. The summed E-state index contributed by atoms with van der Waals surface area (Å²) in [5.41, 5.74) is 3.45. The molecule has 0 aliphatic carbocycles. The Hall–Kier alpha value is -2.87. The number of hydrogen-bond acceptors (Lipinski definition) is 4. The Bertz CT molecular complexity index is 673. The van der Waals surface area contributed by atoms with Crippen molar-refractivity contribution >= 4 is 11.4 Å². The van der Waals surface area contributed by atoms with Crippen LogP contribution in [-0.4, -0.2) is 4.92 Å². The first-order valence-electron chi connectivity index (χ1n) is 6.08. The second-order valence-corrected chi connectivity index (χ2v) is 4.42. The van der Waals surface area contributed by atoms with Crippen molar-refractivity contribution in [2.75, 3.05) is 5.32 Å². The minimum atomic E-state index is -0.405. The number of nitrogens with one attached hydrogen (secondary N) is 1. The molecule has 0 aliphatic heterocycles. The lowest BCUT2D eigenvalue weighted by molar-refractivity contribution is -0.384. The highest BCUT2D eigenvalue weighted by Gasteiger charge is 2.07. The maximum atomic E-state index is 10.7. The molecular weight excluding hydrogens is 254 g/mol. The molecule has 0 saturated carbocycles. The number of non-ortho nitro benzene ring substituents is 1. The first kappa shape index (κ1) is 13.6. The van der Waals surface area contributed by atoms with Crippen LogP contribution in [0, 0.1) is 28.4 Å². The van der Waals surface area contributed by atoms with Crippen LogP contribution in [0.3, 0.4) is 0 Å². The van der Waals surface area contributed by atoms with Gasteiger partial charge in [0.05, 0.1) is 16.6 Å². The van der Waals surface area contributed by atoms with Crippen molar-refractivity contribution < 1.29 is 4.92 Å². The minimum absolute atomic E-state index is 0.0893. The van der Waals surface area contributed by atoms with Crippen LogP contribution in [0.5, 0.6) is 0 Å². The van der Waals surface area contributed by atoms with Gasteiger partial charge in [-0.3, -0.25) is 10.1 Å². The van der Waals surface area contributed by atoms with Crippen molar-refractivity contribution in [3.05, 3.63) is 69.3 Å². The van der Waals surface area contributed by atoms with Crippen LogP contribution in [0.25, 0.3) is 0 Å². The quantitative estimate of drug-likeness (QED) is 0.680. The first-order chi connectivity index (χ1) is 9.60. The summed E-state index contributed by atoms with van der Waals surface area (Å²) in [6.45, 7) is 2.43. The van der Waals surface area contributed by atoms with Gasteiger partial charge in [-0.15, -0.1) is 0 Å². The van der Waals surface area contributed by atoms with Gasteiger partial charge in [-0.2, -0.15) is 5.26 Å². The molecule has 0 radical (unpaired) electrons. The van der Waals surface area contributed by atoms with Gasteiger partial charge < -0.3 is 5.32 Å². The molecule has 2 rings (SSSR count). The van der Waals surface area contributed by atoms with Gasteiger partial charge in [-0.05, 0) is 36.2 Å². The lowest BCUT2D eigenvalue weighted by Gasteiger charge is -2.09. The van der Waals surface area contributed by atoms with Crippen molar-refractivity contribution in [3.63, 3.8) is 0 Å². The summed E-state index contributed by atoms with van der Waals surface area (Å²) in [5, 5.41) is 22.6. The fourth-order valence-corrected chi connectivity index (χ4v) is 1.85. The zero-order chi connectivity index (χ0) is 14.5. The molecule has 0 atom stereocenters. The predicted octanol–water partition coefficient (Wildman–Crippen LogP) is 3.39. The lowest BCUT2D eigenvalue weighted by Crippen LogP contribution is -2.01. The van der Waals surface area contributed by atoms with E-state index in [0.717, 1.165) is 16.8 Å². The van der Waals surface area contributed by atoms with E-state index in [1.54, 1.807) is 24.3 Å². The Morgan fingerprint density at radius 2 is 1.95 bits per heavy atom. The molecule has 0 amide bonds. The molecule has 0 heterocycles. The standard InChI is InChI=1S/C15H13N3O2/c1-11-8-14(18(19)20)6-7-15(11)17-10-13-4-2-12(9-16)3-5-13/h2-8,17H,10H2,1H3. The molecule has 0 aromatic heterocycles. The molecular formula is C15H13N3O2. The number of benzene rings is 2. The van der Waals surface area contributed by atoms with Crippen LogP contribution in [-0.2, 0) is 6.54 Å². The van der Waals surface area contributed by atoms with Crippen LogP contribution in [0.2, 0.25) is 0 Å². The molecule has 0 unspecified atom stereocenters. The van der Waals surface area contributed by atoms with E-state index in [1.807, 2.05) is 19.1 Å². The van der Waals surface area contributed by atoms with Crippen LogP contribution in [0.4, 0.5) is 11.4 Å². The summed E-state index contributed by atoms with van der Waals surface area (Å²) in [4.78, 5) is 10.3. The molecule has 1 N–H and O–H groups in total. The van der Waals surface area contributed by atoms with Gasteiger partial charge in [0.25, 0.3) is 5.69 Å². The Balaban J connectivity index is 2.07. The number of anilines is 1. The van der Waals surface area contributed by atoms with E-state index in [-0.39, 0.29) is 5.69 Å². The smallest absolute Gasteiger partial charge is 0.269 e. The molecule has 5 nitrogen and oxygen atoms in total. The summed E-state index contributed by atoms with van der Waals surface area (Å²) in [7, 11) is 0. The number of hydrogen-bond donors (Lipinski definition) is 1. The van der Waals surface area contributed by atoms with Crippen LogP contribution in [0.15, 0.2) is 42.5 Å². The zero-order valence-corrected chi connectivity index (χ0v) is 11.0. The van der Waals surface area contributed by atoms with E-state index >= 15 is 0 Å². The third-order valence-corrected chi connectivity index (χ3v) is 2.99. The van der Waals surface area contributed by atoms with E-state index < -0.39 is 4.92 Å². The molecule has 0 spiro atoms. The van der Waals surface area contributed by atoms with E-state index in [0.29, 0.717) is 12.1 Å². The normalized spacial score (nSPS) is 9.80. The predicted molar refractivity (Wildman–Crippen MR) is 76.3 cm³/mol. The average Bonchev–Trinajstić information content (AvgIpc) is 2.46. The molecule has 0 bridgehead atoms. The number of nitrogens with zero attached hydrogens (tertiary/aromatic N) is 2. The molecule has 100 valence electrons. The van der Waals surface area contributed by atoms with Crippen LogP contribution in [0.1, 0.15) is 16.7 Å². The second kappa shape index (κ2) is 5.85. The van der Waals surface area contributed by atoms with Crippen LogP contribution >= 0.6 is 0 Å². The summed E-state index contributed by atoms with van der Waals surface area (Å²) in [6, 6.07) is 14.1. The highest BCUT2D eigenvalue weighted by molar-refractivity contribution is 5.55.